The molecule has 4 aliphatic carbocycles. The summed E-state index contributed by atoms with van der Waals surface area (Å²) in [6.45, 7) is 18.4. The van der Waals surface area contributed by atoms with Crippen LogP contribution in [-0.2, 0) is 21.7 Å². The van der Waals surface area contributed by atoms with Gasteiger partial charge in [0.2, 0.25) is 0 Å². The fourth-order valence-corrected chi connectivity index (χ4v) is 23.6. The lowest BCUT2D eigenvalue weighted by Gasteiger charge is -2.21. The van der Waals surface area contributed by atoms with Gasteiger partial charge in [-0.05, 0) is 208 Å². The molecule has 13 nitrogen and oxygen atoms in total. The standard InChI is InChI=1S/C48H33N3O.C45H33N3O.C42H27N3O2/c1-48(2)41-25-10-9-22-36(41)39-28-40-37-23-13-24-38(44(37)52-43(40)29-42(39)48)47-50-45(34-20-11-18-32(26-34)30-14-5-3-6-15-30)49-46(51-47)35-21-12-19-33(27-35)31-16-7-4-8-17-31;1-44(2)35-19-10-8-15-28(35)30-22-21-27(23-37(30)44)42-46-41(26-13-6-5-7-14-26)47-43(48-42)32-18-12-17-31-34-24-33-29-16-9-11-20-36(29)45(3,4)38(33)25-39(34)49-40(31)32;1-42(2)33-17-8-6-13-26(33)30-22-32-28-15-10-16-29(38(28)47-37(32)23-34(30)42)41-44-39(24-11-4-3-5-12-24)43-40(45-41)25-19-20-36-31(21-25)27-14-7-9-18-35(27)46-36/h3-29H,1-2H3;5-25H,1-4H3;3-23H,1-2H3. The van der Waals surface area contributed by atoms with Gasteiger partial charge in [0.25, 0.3) is 0 Å². The van der Waals surface area contributed by atoms with E-state index >= 15 is 0 Å². The number of hydrogen-bond acceptors (Lipinski definition) is 13. The Morgan fingerprint density at radius 3 is 0.770 bits per heavy atom. The molecule has 0 radical (unpaired) electrons. The van der Waals surface area contributed by atoms with Crippen molar-refractivity contribution < 1.29 is 17.7 Å². The Kier molecular flexibility index (Phi) is 19.7. The van der Waals surface area contributed by atoms with E-state index in [1.54, 1.807) is 0 Å². The van der Waals surface area contributed by atoms with Crippen LogP contribution in [0.2, 0.25) is 0 Å². The summed E-state index contributed by atoms with van der Waals surface area (Å²) in [5.41, 5.74) is 39.4. The van der Waals surface area contributed by atoms with Crippen LogP contribution in [0.25, 0.3) is 257 Å². The van der Waals surface area contributed by atoms with Crippen molar-refractivity contribution in [3.05, 3.63) is 463 Å². The van der Waals surface area contributed by atoms with E-state index in [4.69, 9.17) is 62.5 Å². The van der Waals surface area contributed by atoms with Gasteiger partial charge in [-0.2, -0.15) is 0 Å². The Bertz CT molecular complexity index is 9900. The lowest BCUT2D eigenvalue weighted by Crippen LogP contribution is -2.15. The molecule has 0 fully saturated rings. The highest BCUT2D eigenvalue weighted by atomic mass is 16.3. The van der Waals surface area contributed by atoms with Gasteiger partial charge in [-0.3, -0.25) is 0 Å². The molecule has 0 saturated heterocycles. The van der Waals surface area contributed by atoms with Gasteiger partial charge < -0.3 is 17.7 Å². The highest BCUT2D eigenvalue weighted by Crippen LogP contribution is 2.57. The van der Waals surface area contributed by atoms with Crippen LogP contribution >= 0.6 is 0 Å². The molecule has 0 spiro atoms. The first kappa shape index (κ1) is 87.2. The lowest BCUT2D eigenvalue weighted by atomic mass is 9.82. The third-order valence-electron chi connectivity index (χ3n) is 31.2. The van der Waals surface area contributed by atoms with Crippen molar-refractivity contribution in [2.75, 3.05) is 0 Å². The van der Waals surface area contributed by atoms with Crippen LogP contribution in [0.5, 0.6) is 0 Å². The van der Waals surface area contributed by atoms with Crippen LogP contribution < -0.4 is 0 Å². The molecular weight excluding hydrogens is 1810 g/mol. The molecule has 19 aromatic carbocycles. The smallest absolute Gasteiger partial charge is 0.167 e. The van der Waals surface area contributed by atoms with Gasteiger partial charge in [0.05, 0.1) is 16.7 Å². The highest BCUT2D eigenvalue weighted by molar-refractivity contribution is 6.15. The summed E-state index contributed by atoms with van der Waals surface area (Å²) in [4.78, 5) is 45.9. The summed E-state index contributed by atoms with van der Waals surface area (Å²) >= 11 is 0. The second-order valence-corrected chi connectivity index (χ2v) is 41.3. The Labute approximate surface area is 853 Å². The van der Waals surface area contributed by atoms with Crippen molar-refractivity contribution in [1.82, 2.24) is 44.9 Å². The molecule has 0 saturated carbocycles. The van der Waals surface area contributed by atoms with E-state index in [2.05, 4.69) is 365 Å². The number of hydrogen-bond donors (Lipinski definition) is 0. The fraction of sp³-hybridized carbons (Fsp3) is 0.0889. The minimum absolute atomic E-state index is 0.110. The number of fused-ring (bicyclic) bond motifs is 24. The Hall–Kier alpha value is -18.6. The average Bonchev–Trinajstić information content (AvgIpc) is 1.56. The summed E-state index contributed by atoms with van der Waals surface area (Å²) in [5, 5.41) is 8.49. The summed E-state index contributed by atoms with van der Waals surface area (Å²) < 4.78 is 26.4. The van der Waals surface area contributed by atoms with E-state index in [9.17, 15) is 0 Å². The molecule has 148 heavy (non-hydrogen) atoms. The highest BCUT2D eigenvalue weighted by Gasteiger charge is 2.42. The summed E-state index contributed by atoms with van der Waals surface area (Å²) in [6, 6.07) is 146. The third-order valence-corrected chi connectivity index (χ3v) is 31.2. The molecule has 7 aromatic heterocycles. The van der Waals surface area contributed by atoms with Crippen LogP contribution in [0.3, 0.4) is 0 Å². The Morgan fingerprint density at radius 2 is 0.385 bits per heavy atom. The van der Waals surface area contributed by atoms with Crippen molar-refractivity contribution in [2.45, 2.75) is 77.0 Å². The van der Waals surface area contributed by atoms with E-state index in [-0.39, 0.29) is 21.7 Å². The molecule has 0 amide bonds. The first-order valence-corrected chi connectivity index (χ1v) is 50.5. The molecule has 4 aliphatic rings. The van der Waals surface area contributed by atoms with E-state index in [1.807, 2.05) is 109 Å². The zero-order valence-electron chi connectivity index (χ0n) is 82.5. The molecule has 702 valence electrons. The van der Waals surface area contributed by atoms with Crippen LogP contribution in [0, 0.1) is 0 Å². The van der Waals surface area contributed by atoms with E-state index < -0.39 is 0 Å². The minimum Gasteiger partial charge on any atom is -0.456 e. The molecule has 0 atom stereocenters. The van der Waals surface area contributed by atoms with Crippen LogP contribution in [0.15, 0.2) is 436 Å². The third kappa shape index (κ3) is 14.1. The van der Waals surface area contributed by atoms with E-state index in [0.29, 0.717) is 52.4 Å². The molecule has 30 rings (SSSR count). The normalized spacial score (nSPS) is 13.8. The summed E-state index contributed by atoms with van der Waals surface area (Å²) in [7, 11) is 0. The second kappa shape index (κ2) is 33.5. The van der Waals surface area contributed by atoms with Crippen molar-refractivity contribution in [3.8, 4) is 169 Å². The number of rotatable bonds is 11. The van der Waals surface area contributed by atoms with E-state index in [1.165, 1.54) is 89.0 Å². The van der Waals surface area contributed by atoms with Crippen LogP contribution in [-0.4, -0.2) is 44.9 Å². The zero-order valence-corrected chi connectivity index (χ0v) is 82.5. The molecular formula is C135H93N9O4. The van der Waals surface area contributed by atoms with Gasteiger partial charge >= 0.3 is 0 Å². The molecule has 0 unspecified atom stereocenters. The van der Waals surface area contributed by atoms with Crippen molar-refractivity contribution in [1.29, 1.82) is 0 Å². The SMILES string of the molecule is CC1(C)c2ccccc2-c2cc3c(cc21)oc1c(-c2nc(-c4cccc(-c5ccccc5)c4)nc(-c4cccc(-c5ccccc5)c4)n2)cccc13.CC1(C)c2ccccc2-c2cc3c(cc21)oc1c(-c2nc(-c4ccccc4)nc(-c4ccc5oc6ccccc6c5c4)n2)cccc13.CC1(C)c2ccccc2-c2ccc(-c3nc(-c4ccccc4)nc(-c4cccc5c4oc4cc6c(cc45)-c4ccccc4C6(C)C)n3)cc21. The molecule has 13 heteroatoms. The average molecular weight is 1910 g/mol. The van der Waals surface area contributed by atoms with Crippen molar-refractivity contribution >= 4 is 87.8 Å². The Balaban J connectivity index is 0.000000107. The lowest BCUT2D eigenvalue weighted by molar-refractivity contribution is 0.647. The summed E-state index contributed by atoms with van der Waals surface area (Å²) in [6.07, 6.45) is 0. The fourth-order valence-electron chi connectivity index (χ4n) is 23.6. The van der Waals surface area contributed by atoms with Gasteiger partial charge in [0.15, 0.2) is 52.4 Å². The van der Waals surface area contributed by atoms with Crippen molar-refractivity contribution in [2.24, 2.45) is 0 Å². The van der Waals surface area contributed by atoms with E-state index in [0.717, 1.165) is 160 Å². The molecule has 0 N–H and O–H groups in total. The number of furan rings is 4. The number of para-hydroxylation sites is 4. The molecule has 26 aromatic rings. The molecule has 0 bridgehead atoms. The predicted molar refractivity (Wildman–Crippen MR) is 599 cm³/mol. The quantitative estimate of drug-likeness (QED) is 0.120. The molecule has 0 aliphatic heterocycles. The number of benzene rings is 19. The Morgan fingerprint density at radius 1 is 0.135 bits per heavy atom. The van der Waals surface area contributed by atoms with Crippen LogP contribution in [0.4, 0.5) is 0 Å². The topological polar surface area (TPSA) is 169 Å². The maximum absolute atomic E-state index is 6.80. The van der Waals surface area contributed by atoms with Gasteiger partial charge in [0, 0.05) is 98.1 Å². The number of aromatic nitrogens is 9. The maximum Gasteiger partial charge on any atom is 0.167 e. The maximum atomic E-state index is 6.80. The predicted octanol–water partition coefficient (Wildman–Crippen LogP) is 34.8. The zero-order chi connectivity index (χ0) is 99.2. The second-order valence-electron chi connectivity index (χ2n) is 41.3. The monoisotopic (exact) mass is 1900 g/mol. The van der Waals surface area contributed by atoms with Gasteiger partial charge in [0.1, 0.15) is 44.7 Å². The summed E-state index contributed by atoms with van der Waals surface area (Å²) in [5.74, 6) is 5.40. The van der Waals surface area contributed by atoms with Crippen molar-refractivity contribution in [3.63, 3.8) is 0 Å². The molecule has 7 heterocycles. The van der Waals surface area contributed by atoms with Gasteiger partial charge in [-0.1, -0.05) is 377 Å². The van der Waals surface area contributed by atoms with Crippen LogP contribution in [0.1, 0.15) is 99.9 Å². The first-order chi connectivity index (χ1) is 72.3. The van der Waals surface area contributed by atoms with Gasteiger partial charge in [-0.15, -0.1) is 0 Å². The number of nitrogens with zero attached hydrogens (tertiary/aromatic N) is 9. The largest absolute Gasteiger partial charge is 0.456 e. The first-order valence-electron chi connectivity index (χ1n) is 50.5. The minimum atomic E-state index is -0.130. The van der Waals surface area contributed by atoms with Gasteiger partial charge in [-0.25, -0.2) is 44.9 Å².